The molecular formula is C5H7ClN2O. The lowest BCUT2D eigenvalue weighted by Crippen LogP contribution is -2.37. The van der Waals surface area contributed by atoms with E-state index in [4.69, 9.17) is 11.6 Å². The Bertz CT molecular complexity index is 157. The maximum Gasteiger partial charge on any atom is 0.258 e. The van der Waals surface area contributed by atoms with E-state index in [0.717, 1.165) is 0 Å². The highest BCUT2D eigenvalue weighted by Crippen LogP contribution is 2.10. The third-order valence-corrected chi connectivity index (χ3v) is 1.79. The topological polar surface area (TPSA) is 41.5 Å². The van der Waals surface area contributed by atoms with Gasteiger partial charge in [0.25, 0.3) is 5.91 Å². The lowest BCUT2D eigenvalue weighted by Gasteiger charge is -2.15. The van der Waals surface area contributed by atoms with Crippen LogP contribution in [-0.2, 0) is 4.79 Å². The molecule has 3 nitrogen and oxygen atoms in total. The Labute approximate surface area is 58.1 Å². The molecular weight excluding hydrogens is 140 g/mol. The van der Waals surface area contributed by atoms with Crippen LogP contribution in [0.15, 0.2) is 5.10 Å². The molecule has 0 aromatic heterocycles. The minimum absolute atomic E-state index is 0.0421. The molecule has 1 aliphatic rings. The van der Waals surface area contributed by atoms with Gasteiger partial charge in [0.2, 0.25) is 0 Å². The van der Waals surface area contributed by atoms with Crippen molar-refractivity contribution in [2.45, 2.75) is 12.3 Å². The van der Waals surface area contributed by atoms with Gasteiger partial charge in [-0.2, -0.15) is 5.10 Å². The van der Waals surface area contributed by atoms with E-state index in [1.807, 2.05) is 6.92 Å². The van der Waals surface area contributed by atoms with Crippen molar-refractivity contribution in [2.75, 3.05) is 0 Å². The first-order valence-electron chi connectivity index (χ1n) is 2.69. The van der Waals surface area contributed by atoms with Crippen LogP contribution in [0.1, 0.15) is 6.92 Å². The summed E-state index contributed by atoms with van der Waals surface area (Å²) in [6.07, 6.45) is 1.62. The summed E-state index contributed by atoms with van der Waals surface area (Å²) in [6, 6.07) is 0. The van der Waals surface area contributed by atoms with Gasteiger partial charge in [-0.05, 0) is 0 Å². The van der Waals surface area contributed by atoms with Crippen LogP contribution >= 0.6 is 11.6 Å². The highest BCUT2D eigenvalue weighted by Gasteiger charge is 2.23. The molecule has 0 radical (unpaired) electrons. The van der Waals surface area contributed by atoms with E-state index >= 15 is 0 Å². The summed E-state index contributed by atoms with van der Waals surface area (Å²) in [5.74, 6) is -0.174. The summed E-state index contributed by atoms with van der Waals surface area (Å²) in [5, 5.41) is 3.12. The van der Waals surface area contributed by atoms with Gasteiger partial charge in [-0.3, -0.25) is 4.79 Å². The number of amides is 1. The Hall–Kier alpha value is -0.570. The molecule has 1 amide bonds. The highest BCUT2D eigenvalue weighted by atomic mass is 35.5. The number of halogens is 1. The van der Waals surface area contributed by atoms with E-state index in [0.29, 0.717) is 0 Å². The van der Waals surface area contributed by atoms with Crippen molar-refractivity contribution in [3.63, 3.8) is 0 Å². The molecule has 1 N–H and O–H groups in total. The summed E-state index contributed by atoms with van der Waals surface area (Å²) in [6.45, 7) is 1.85. The molecule has 1 heterocycles. The molecule has 0 aromatic carbocycles. The predicted molar refractivity (Wildman–Crippen MR) is 35.4 cm³/mol. The van der Waals surface area contributed by atoms with Gasteiger partial charge in [-0.1, -0.05) is 6.92 Å². The molecule has 0 fully saturated rings. The standard InChI is InChI=1S/C5H7ClN2O/c1-3-2-7-8-5(9)4(3)6/h2-4H,1H3,(H,8,9). The van der Waals surface area contributed by atoms with Gasteiger partial charge in [0, 0.05) is 12.1 Å². The fraction of sp³-hybridized carbons (Fsp3) is 0.600. The zero-order valence-electron chi connectivity index (χ0n) is 4.97. The van der Waals surface area contributed by atoms with Crippen molar-refractivity contribution in [3.05, 3.63) is 0 Å². The first kappa shape index (κ1) is 6.55. The van der Waals surface area contributed by atoms with Gasteiger partial charge >= 0.3 is 0 Å². The van der Waals surface area contributed by atoms with Crippen LogP contribution in [0, 0.1) is 5.92 Å². The number of hydrogen-bond acceptors (Lipinski definition) is 2. The minimum atomic E-state index is -0.456. The van der Waals surface area contributed by atoms with Crippen LogP contribution in [0.2, 0.25) is 0 Å². The van der Waals surface area contributed by atoms with Crippen LogP contribution in [0.3, 0.4) is 0 Å². The number of nitrogens with zero attached hydrogens (tertiary/aromatic N) is 1. The van der Waals surface area contributed by atoms with Crippen LogP contribution < -0.4 is 5.43 Å². The van der Waals surface area contributed by atoms with Crippen LogP contribution in [-0.4, -0.2) is 17.5 Å². The van der Waals surface area contributed by atoms with E-state index < -0.39 is 5.38 Å². The maximum atomic E-state index is 10.6. The van der Waals surface area contributed by atoms with Gasteiger partial charge in [0.05, 0.1) is 0 Å². The molecule has 0 bridgehead atoms. The minimum Gasteiger partial charge on any atom is -0.271 e. The van der Waals surface area contributed by atoms with Gasteiger partial charge in [-0.15, -0.1) is 11.6 Å². The number of hydrazone groups is 1. The third-order valence-electron chi connectivity index (χ3n) is 1.20. The fourth-order valence-electron chi connectivity index (χ4n) is 0.594. The first-order chi connectivity index (χ1) is 4.22. The summed E-state index contributed by atoms with van der Waals surface area (Å²) >= 11 is 5.61. The van der Waals surface area contributed by atoms with E-state index in [1.165, 1.54) is 0 Å². The monoisotopic (exact) mass is 146 g/mol. The number of carbonyl (C=O) groups is 1. The van der Waals surface area contributed by atoms with E-state index in [2.05, 4.69) is 10.5 Å². The molecule has 0 saturated carbocycles. The van der Waals surface area contributed by atoms with Crippen molar-refractivity contribution in [1.29, 1.82) is 0 Å². The van der Waals surface area contributed by atoms with E-state index in [1.54, 1.807) is 6.21 Å². The molecule has 50 valence electrons. The SMILES string of the molecule is CC1C=NNC(=O)C1Cl. The summed E-state index contributed by atoms with van der Waals surface area (Å²) in [7, 11) is 0. The maximum absolute atomic E-state index is 10.6. The van der Waals surface area contributed by atoms with Gasteiger partial charge in [0.15, 0.2) is 0 Å². The van der Waals surface area contributed by atoms with Gasteiger partial charge < -0.3 is 0 Å². The zero-order chi connectivity index (χ0) is 6.85. The summed E-state index contributed by atoms with van der Waals surface area (Å²) in [4.78, 5) is 10.6. The number of hydrogen-bond donors (Lipinski definition) is 1. The second kappa shape index (κ2) is 2.35. The molecule has 0 spiro atoms. The number of alkyl halides is 1. The molecule has 4 heteroatoms. The van der Waals surface area contributed by atoms with Crippen molar-refractivity contribution in [3.8, 4) is 0 Å². The Kier molecular flexibility index (Phi) is 1.71. The molecule has 0 aliphatic carbocycles. The average Bonchev–Trinajstić information content (AvgIpc) is 1.83. The molecule has 1 rings (SSSR count). The molecule has 1 aliphatic heterocycles. The van der Waals surface area contributed by atoms with Crippen molar-refractivity contribution >= 4 is 23.7 Å². The number of carbonyl (C=O) groups excluding carboxylic acids is 1. The van der Waals surface area contributed by atoms with Crippen LogP contribution in [0.4, 0.5) is 0 Å². The molecule has 9 heavy (non-hydrogen) atoms. The smallest absolute Gasteiger partial charge is 0.258 e. The van der Waals surface area contributed by atoms with E-state index in [9.17, 15) is 4.79 Å². The van der Waals surface area contributed by atoms with Crippen LogP contribution in [0.5, 0.6) is 0 Å². The normalized spacial score (nSPS) is 34.2. The third kappa shape index (κ3) is 1.21. The number of rotatable bonds is 0. The average molecular weight is 147 g/mol. The highest BCUT2D eigenvalue weighted by molar-refractivity contribution is 6.32. The van der Waals surface area contributed by atoms with E-state index in [-0.39, 0.29) is 11.8 Å². The second-order valence-corrected chi connectivity index (χ2v) is 2.49. The van der Waals surface area contributed by atoms with Crippen molar-refractivity contribution in [1.82, 2.24) is 5.43 Å². The largest absolute Gasteiger partial charge is 0.271 e. The van der Waals surface area contributed by atoms with Crippen molar-refractivity contribution < 1.29 is 4.79 Å². The van der Waals surface area contributed by atoms with Crippen LogP contribution in [0.25, 0.3) is 0 Å². The lowest BCUT2D eigenvalue weighted by atomic mass is 10.1. The molecule has 2 unspecified atom stereocenters. The van der Waals surface area contributed by atoms with Gasteiger partial charge in [-0.25, -0.2) is 5.43 Å². The molecule has 0 aromatic rings. The Morgan fingerprint density at radius 1 is 1.89 bits per heavy atom. The van der Waals surface area contributed by atoms with Crippen molar-refractivity contribution in [2.24, 2.45) is 11.0 Å². The number of nitrogens with one attached hydrogen (secondary N) is 1. The summed E-state index contributed by atoms with van der Waals surface area (Å²) < 4.78 is 0. The lowest BCUT2D eigenvalue weighted by molar-refractivity contribution is -0.121. The molecule has 0 saturated heterocycles. The Morgan fingerprint density at radius 2 is 2.56 bits per heavy atom. The van der Waals surface area contributed by atoms with Gasteiger partial charge in [0.1, 0.15) is 5.38 Å². The Morgan fingerprint density at radius 3 is 3.00 bits per heavy atom. The predicted octanol–water partition coefficient (Wildman–Crippen LogP) is 0.345. The zero-order valence-corrected chi connectivity index (χ0v) is 5.72. The second-order valence-electron chi connectivity index (χ2n) is 2.02. The molecule has 2 atom stereocenters. The summed E-state index contributed by atoms with van der Waals surface area (Å²) in [5.41, 5.74) is 2.26. The first-order valence-corrected chi connectivity index (χ1v) is 3.12. The quantitative estimate of drug-likeness (QED) is 0.492. The fourth-order valence-corrected chi connectivity index (χ4v) is 0.708. The Balaban J connectivity index is 2.69.